The maximum atomic E-state index is 12.0. The van der Waals surface area contributed by atoms with Gasteiger partial charge in [0.05, 0.1) is 37.2 Å². The van der Waals surface area contributed by atoms with E-state index in [1.165, 1.54) is 0 Å². The second kappa shape index (κ2) is 20.5. The molecular formula is C42H46Cl2N8O6. The Morgan fingerprint density at radius 1 is 0.586 bits per heavy atom. The van der Waals surface area contributed by atoms with Crippen LogP contribution in [0.5, 0.6) is 11.5 Å². The SMILES string of the molecule is O=c1[nH]nc(Cl)c2cc(NCc3cccc(OCCN4CCOCC4)c3)ccc12.O=c1[nH]nc(Cl)c2ccc(NCc3cccc(OCCN4CCOCC4)c3)cc12. The average molecular weight is 830 g/mol. The first-order valence-corrected chi connectivity index (χ1v) is 20.0. The lowest BCUT2D eigenvalue weighted by molar-refractivity contribution is 0.0321. The summed E-state index contributed by atoms with van der Waals surface area (Å²) in [6.07, 6.45) is 0. The smallest absolute Gasteiger partial charge is 0.272 e. The van der Waals surface area contributed by atoms with Gasteiger partial charge in [-0.1, -0.05) is 47.5 Å². The number of halogens is 2. The molecule has 6 aromatic rings. The number of aromatic nitrogens is 4. The fraction of sp³-hybridized carbons (Fsp3) is 0.333. The van der Waals surface area contributed by atoms with E-state index in [9.17, 15) is 9.59 Å². The minimum Gasteiger partial charge on any atom is -0.492 e. The zero-order valence-corrected chi connectivity index (χ0v) is 33.5. The second-order valence-electron chi connectivity index (χ2n) is 13.8. The van der Waals surface area contributed by atoms with Gasteiger partial charge in [0, 0.05) is 74.5 Å². The molecular weight excluding hydrogens is 783 g/mol. The molecule has 16 heteroatoms. The fourth-order valence-electron chi connectivity index (χ4n) is 6.62. The molecule has 14 nitrogen and oxygen atoms in total. The summed E-state index contributed by atoms with van der Waals surface area (Å²) in [5.41, 5.74) is 3.38. The van der Waals surface area contributed by atoms with E-state index in [-0.39, 0.29) is 21.4 Å². The molecule has 0 amide bonds. The van der Waals surface area contributed by atoms with Crippen LogP contribution < -0.4 is 31.2 Å². The number of rotatable bonds is 14. The van der Waals surface area contributed by atoms with Crippen LogP contribution in [-0.4, -0.2) is 109 Å². The van der Waals surface area contributed by atoms with Crippen molar-refractivity contribution < 1.29 is 18.9 Å². The van der Waals surface area contributed by atoms with Crippen molar-refractivity contribution in [2.45, 2.75) is 13.1 Å². The Bertz CT molecular complexity index is 2400. The highest BCUT2D eigenvalue weighted by Gasteiger charge is 2.12. The number of fused-ring (bicyclic) bond motifs is 2. The van der Waals surface area contributed by atoms with Crippen molar-refractivity contribution in [2.75, 3.05) is 89.5 Å². The fourth-order valence-corrected chi connectivity index (χ4v) is 7.02. The van der Waals surface area contributed by atoms with Gasteiger partial charge in [0.1, 0.15) is 24.7 Å². The number of hydrogen-bond donors (Lipinski definition) is 4. The molecule has 2 aromatic heterocycles. The molecule has 0 saturated carbocycles. The first-order valence-electron chi connectivity index (χ1n) is 19.3. The molecule has 0 spiro atoms. The third kappa shape index (κ3) is 11.5. The topological polar surface area (TPSA) is 159 Å². The van der Waals surface area contributed by atoms with Crippen LogP contribution in [0.3, 0.4) is 0 Å². The number of H-pyrrole nitrogens is 2. The van der Waals surface area contributed by atoms with Crippen LogP contribution in [0.15, 0.2) is 94.5 Å². The molecule has 0 aliphatic carbocycles. The minimum absolute atomic E-state index is 0.252. The minimum atomic E-state index is -0.260. The number of ether oxygens (including phenoxy) is 4. The first-order chi connectivity index (χ1) is 28.4. The largest absolute Gasteiger partial charge is 0.492 e. The summed E-state index contributed by atoms with van der Waals surface area (Å²) in [4.78, 5) is 28.5. The maximum Gasteiger partial charge on any atom is 0.272 e. The van der Waals surface area contributed by atoms with Crippen molar-refractivity contribution >= 4 is 56.1 Å². The molecule has 0 atom stereocenters. The molecule has 58 heavy (non-hydrogen) atoms. The van der Waals surface area contributed by atoms with E-state index in [1.54, 1.807) is 18.2 Å². The predicted octanol–water partition coefficient (Wildman–Crippen LogP) is 5.80. The molecule has 4 heterocycles. The number of morpholine rings is 2. The molecule has 2 aliphatic heterocycles. The molecule has 0 bridgehead atoms. The number of anilines is 2. The standard InChI is InChI=1S/2C21H23ClN4O3/c22-20-19-13-16(4-5-18(19)21(27)25-24-20)23-14-15-2-1-3-17(12-15)29-11-8-26-6-9-28-10-7-26;22-20-18-5-4-16(13-19(18)21(27)25-24-20)23-14-15-2-1-3-17(12-15)29-11-8-26-6-9-28-10-7-26/h2*1-5,12-13,23H,6-11,14H2,(H,25,27). The third-order valence-corrected chi connectivity index (χ3v) is 10.4. The van der Waals surface area contributed by atoms with Gasteiger partial charge in [-0.3, -0.25) is 19.4 Å². The summed E-state index contributed by atoms with van der Waals surface area (Å²) < 4.78 is 22.5. The summed E-state index contributed by atoms with van der Waals surface area (Å²) >= 11 is 12.1. The summed E-state index contributed by atoms with van der Waals surface area (Å²) in [6.45, 7) is 11.4. The summed E-state index contributed by atoms with van der Waals surface area (Å²) in [5, 5.41) is 21.9. The zero-order chi connectivity index (χ0) is 40.1. The molecule has 8 rings (SSSR count). The first kappa shape index (κ1) is 41.0. The number of benzene rings is 4. The van der Waals surface area contributed by atoms with E-state index >= 15 is 0 Å². The lowest BCUT2D eigenvalue weighted by atomic mass is 10.1. The third-order valence-electron chi connectivity index (χ3n) is 9.83. The molecule has 304 valence electrons. The van der Waals surface area contributed by atoms with Gasteiger partial charge < -0.3 is 29.6 Å². The Kier molecular flexibility index (Phi) is 14.4. The Balaban J connectivity index is 0.000000177. The van der Waals surface area contributed by atoms with Gasteiger partial charge in [-0.05, 0) is 71.8 Å². The van der Waals surface area contributed by atoms with Crippen LogP contribution in [0.1, 0.15) is 11.1 Å². The normalized spacial score (nSPS) is 14.8. The number of nitrogens with one attached hydrogen (secondary N) is 4. The summed E-state index contributed by atoms with van der Waals surface area (Å²) in [7, 11) is 0. The van der Waals surface area contributed by atoms with Crippen molar-refractivity contribution in [3.05, 3.63) is 127 Å². The maximum absolute atomic E-state index is 12.0. The highest BCUT2D eigenvalue weighted by molar-refractivity contribution is 6.34. The van der Waals surface area contributed by atoms with Gasteiger partial charge in [0.2, 0.25) is 0 Å². The van der Waals surface area contributed by atoms with Crippen LogP contribution in [0.2, 0.25) is 10.3 Å². The van der Waals surface area contributed by atoms with Gasteiger partial charge in [-0.25, -0.2) is 10.2 Å². The highest BCUT2D eigenvalue weighted by Crippen LogP contribution is 2.24. The lowest BCUT2D eigenvalue weighted by Gasteiger charge is -2.26. The molecule has 4 aromatic carbocycles. The molecule has 0 radical (unpaired) electrons. The second-order valence-corrected chi connectivity index (χ2v) is 14.5. The van der Waals surface area contributed by atoms with Crippen LogP contribution >= 0.6 is 23.2 Å². The number of hydrogen-bond acceptors (Lipinski definition) is 12. The molecule has 2 fully saturated rings. The van der Waals surface area contributed by atoms with E-state index in [2.05, 4.69) is 40.8 Å². The average Bonchev–Trinajstić information content (AvgIpc) is 3.26. The van der Waals surface area contributed by atoms with Crippen molar-refractivity contribution in [3.8, 4) is 11.5 Å². The highest BCUT2D eigenvalue weighted by atomic mass is 35.5. The number of aromatic amines is 2. The van der Waals surface area contributed by atoms with Crippen molar-refractivity contribution in [2.24, 2.45) is 0 Å². The van der Waals surface area contributed by atoms with Crippen LogP contribution in [0.25, 0.3) is 21.5 Å². The van der Waals surface area contributed by atoms with Crippen molar-refractivity contribution in [3.63, 3.8) is 0 Å². The Morgan fingerprint density at radius 3 is 1.59 bits per heavy atom. The van der Waals surface area contributed by atoms with Crippen LogP contribution in [-0.2, 0) is 22.6 Å². The van der Waals surface area contributed by atoms with Gasteiger partial charge in [0.15, 0.2) is 10.3 Å². The van der Waals surface area contributed by atoms with Gasteiger partial charge in [0.25, 0.3) is 11.1 Å². The zero-order valence-electron chi connectivity index (χ0n) is 32.0. The molecule has 2 saturated heterocycles. The van der Waals surface area contributed by atoms with E-state index < -0.39 is 0 Å². The van der Waals surface area contributed by atoms with Gasteiger partial charge >= 0.3 is 0 Å². The van der Waals surface area contributed by atoms with Crippen LogP contribution in [0, 0.1) is 0 Å². The Labute approximate surface area is 345 Å². The lowest BCUT2D eigenvalue weighted by Crippen LogP contribution is -2.38. The van der Waals surface area contributed by atoms with E-state index in [0.717, 1.165) is 99.7 Å². The van der Waals surface area contributed by atoms with Crippen LogP contribution in [0.4, 0.5) is 11.4 Å². The quantitative estimate of drug-likeness (QED) is 0.105. The molecule has 4 N–H and O–H groups in total. The van der Waals surface area contributed by atoms with Gasteiger partial charge in [-0.2, -0.15) is 10.2 Å². The summed E-state index contributed by atoms with van der Waals surface area (Å²) in [6, 6.07) is 27.0. The number of nitrogens with zero attached hydrogens (tertiary/aromatic N) is 4. The molecule has 2 aliphatic rings. The monoisotopic (exact) mass is 828 g/mol. The van der Waals surface area contributed by atoms with E-state index in [1.807, 2.05) is 66.7 Å². The predicted molar refractivity (Wildman–Crippen MR) is 228 cm³/mol. The van der Waals surface area contributed by atoms with Gasteiger partial charge in [-0.15, -0.1) is 0 Å². The van der Waals surface area contributed by atoms with Crippen molar-refractivity contribution in [1.82, 2.24) is 30.2 Å². The van der Waals surface area contributed by atoms with Crippen molar-refractivity contribution in [1.29, 1.82) is 0 Å². The molecule has 0 unspecified atom stereocenters. The Hall–Kier alpha value is -5.22. The van der Waals surface area contributed by atoms with E-state index in [4.69, 9.17) is 42.1 Å². The van der Waals surface area contributed by atoms with E-state index in [0.29, 0.717) is 47.8 Å². The summed E-state index contributed by atoms with van der Waals surface area (Å²) in [5.74, 6) is 1.71. The Morgan fingerprint density at radius 2 is 1.05 bits per heavy atom.